The van der Waals surface area contributed by atoms with Gasteiger partial charge in [0, 0.05) is 17.2 Å². The Bertz CT molecular complexity index is 1280. The number of aromatic nitrogens is 1. The third kappa shape index (κ3) is 3.61. The molecule has 6 N–H and O–H groups in total. The van der Waals surface area contributed by atoms with Gasteiger partial charge in [0.25, 0.3) is 0 Å². The molecule has 1 aromatic heterocycles. The third-order valence-corrected chi connectivity index (χ3v) is 4.60. The summed E-state index contributed by atoms with van der Waals surface area (Å²) < 4.78 is 20.0. The smallest absolute Gasteiger partial charge is 0.211 e. The van der Waals surface area contributed by atoms with Gasteiger partial charge < -0.3 is 21.5 Å². The zero-order chi connectivity index (χ0) is 22.0. The van der Waals surface area contributed by atoms with Gasteiger partial charge in [0.05, 0.1) is 5.69 Å². The zero-order valence-electron chi connectivity index (χ0n) is 15.9. The number of anilines is 3. The molecule has 10 heteroatoms. The highest BCUT2D eigenvalue weighted by atomic mass is 19.1. The summed E-state index contributed by atoms with van der Waals surface area (Å²) in [6, 6.07) is 13.9. The minimum atomic E-state index is -0.855. The van der Waals surface area contributed by atoms with E-state index in [-0.39, 0.29) is 34.6 Å². The number of guanidine groups is 1. The van der Waals surface area contributed by atoms with E-state index in [0.29, 0.717) is 16.9 Å². The number of hydrogen-bond donors (Lipinski definition) is 4. The summed E-state index contributed by atoms with van der Waals surface area (Å²) in [7, 11) is 0. The molecule has 0 aliphatic carbocycles. The number of pyridine rings is 1. The van der Waals surface area contributed by atoms with Gasteiger partial charge in [0.1, 0.15) is 46.6 Å². The van der Waals surface area contributed by atoms with Crippen LogP contribution in [0.15, 0.2) is 53.5 Å². The molecular formula is C21H15FN8O. The number of ether oxygens (including phenoxy) is 1. The number of aliphatic imine (C=N–C) groups is 1. The first-order valence-corrected chi connectivity index (χ1v) is 9.03. The molecule has 3 aromatic rings. The Morgan fingerprint density at radius 2 is 1.90 bits per heavy atom. The standard InChI is InChI=1S/C21H15FN8O/c22-11-6-7-13(15(8-11)31-12-4-2-1-3-5-12)18-16-17(25)14(9-23)19(26)29-20(16)30-21(28-18)27-10-24/h1-8,18H,(H6,25,26,27,28,29,30). The predicted octanol–water partition coefficient (Wildman–Crippen LogP) is 2.99. The first-order valence-electron chi connectivity index (χ1n) is 9.03. The zero-order valence-corrected chi connectivity index (χ0v) is 15.9. The Labute approximate surface area is 176 Å². The Morgan fingerprint density at radius 3 is 2.61 bits per heavy atom. The molecule has 2 aromatic carbocycles. The number of para-hydroxylation sites is 1. The van der Waals surface area contributed by atoms with Crippen LogP contribution in [0.3, 0.4) is 0 Å². The molecule has 0 fully saturated rings. The van der Waals surface area contributed by atoms with E-state index in [4.69, 9.17) is 21.5 Å². The average Bonchev–Trinajstić information content (AvgIpc) is 2.74. The van der Waals surface area contributed by atoms with E-state index in [1.807, 2.05) is 12.1 Å². The van der Waals surface area contributed by atoms with Crippen LogP contribution in [0.2, 0.25) is 0 Å². The second kappa shape index (κ2) is 7.89. The van der Waals surface area contributed by atoms with Gasteiger partial charge in [-0.1, -0.05) is 18.2 Å². The second-order valence-electron chi connectivity index (χ2n) is 6.50. The fraction of sp³-hybridized carbons (Fsp3) is 0.0476. The lowest BCUT2D eigenvalue weighted by atomic mass is 9.94. The number of nitrogen functional groups attached to an aromatic ring is 2. The van der Waals surface area contributed by atoms with Gasteiger partial charge in [-0.05, 0) is 24.3 Å². The predicted molar refractivity (Wildman–Crippen MR) is 112 cm³/mol. The van der Waals surface area contributed by atoms with E-state index < -0.39 is 11.9 Å². The van der Waals surface area contributed by atoms with E-state index in [1.54, 1.807) is 30.5 Å². The van der Waals surface area contributed by atoms with Gasteiger partial charge in [-0.15, -0.1) is 0 Å². The number of nitrogens with two attached hydrogens (primary N) is 2. The van der Waals surface area contributed by atoms with Crippen molar-refractivity contribution in [2.75, 3.05) is 16.8 Å². The van der Waals surface area contributed by atoms with Crippen molar-refractivity contribution in [3.8, 4) is 23.8 Å². The van der Waals surface area contributed by atoms with Gasteiger partial charge in [0.15, 0.2) is 6.19 Å². The number of nitriles is 2. The van der Waals surface area contributed by atoms with Crippen LogP contribution >= 0.6 is 0 Å². The van der Waals surface area contributed by atoms with Crippen LogP contribution < -0.4 is 26.8 Å². The number of nitrogens with one attached hydrogen (secondary N) is 2. The summed E-state index contributed by atoms with van der Waals surface area (Å²) in [6.45, 7) is 0. The molecule has 0 saturated carbocycles. The maximum absolute atomic E-state index is 14.1. The molecule has 2 heterocycles. The van der Waals surface area contributed by atoms with Crippen molar-refractivity contribution in [2.45, 2.75) is 6.04 Å². The lowest BCUT2D eigenvalue weighted by molar-refractivity contribution is 0.467. The van der Waals surface area contributed by atoms with Crippen LogP contribution in [-0.4, -0.2) is 10.9 Å². The lowest BCUT2D eigenvalue weighted by Crippen LogP contribution is -2.32. The molecule has 0 radical (unpaired) electrons. The van der Waals surface area contributed by atoms with Gasteiger partial charge in [-0.2, -0.15) is 10.5 Å². The fourth-order valence-electron chi connectivity index (χ4n) is 3.24. The molecule has 1 atom stereocenters. The lowest BCUT2D eigenvalue weighted by Gasteiger charge is -2.27. The van der Waals surface area contributed by atoms with Crippen LogP contribution in [0.25, 0.3) is 0 Å². The second-order valence-corrected chi connectivity index (χ2v) is 6.50. The van der Waals surface area contributed by atoms with Crippen molar-refractivity contribution < 1.29 is 9.13 Å². The molecule has 0 spiro atoms. The van der Waals surface area contributed by atoms with Crippen molar-refractivity contribution in [1.29, 1.82) is 10.5 Å². The number of hydrogen-bond acceptors (Lipinski definition) is 9. The van der Waals surface area contributed by atoms with E-state index in [2.05, 4.69) is 20.6 Å². The number of benzene rings is 2. The van der Waals surface area contributed by atoms with Crippen molar-refractivity contribution in [3.63, 3.8) is 0 Å². The number of fused-ring (bicyclic) bond motifs is 1. The van der Waals surface area contributed by atoms with Gasteiger partial charge in [-0.25, -0.2) is 14.4 Å². The van der Waals surface area contributed by atoms with Crippen LogP contribution in [0.5, 0.6) is 11.5 Å². The molecule has 1 aliphatic heterocycles. The Kier molecular flexibility index (Phi) is 4.96. The normalized spacial score (nSPS) is 14.3. The van der Waals surface area contributed by atoms with Gasteiger partial charge in [-0.3, -0.25) is 5.32 Å². The van der Waals surface area contributed by atoms with Crippen LogP contribution in [-0.2, 0) is 0 Å². The Morgan fingerprint density at radius 1 is 1.13 bits per heavy atom. The van der Waals surface area contributed by atoms with Crippen molar-refractivity contribution in [1.82, 2.24) is 10.3 Å². The Balaban J connectivity index is 1.92. The maximum Gasteiger partial charge on any atom is 0.211 e. The Hall–Kier alpha value is -4.83. The summed E-state index contributed by atoms with van der Waals surface area (Å²) in [5, 5.41) is 23.7. The van der Waals surface area contributed by atoms with E-state index in [0.717, 1.165) is 0 Å². The number of rotatable bonds is 3. The highest BCUT2D eigenvalue weighted by Crippen LogP contribution is 2.44. The minimum absolute atomic E-state index is 0.00471. The monoisotopic (exact) mass is 414 g/mol. The average molecular weight is 414 g/mol. The molecule has 152 valence electrons. The summed E-state index contributed by atoms with van der Waals surface area (Å²) in [4.78, 5) is 8.68. The topological polar surface area (TPSA) is 158 Å². The quantitative estimate of drug-likeness (QED) is 0.376. The summed E-state index contributed by atoms with van der Waals surface area (Å²) >= 11 is 0. The fourth-order valence-corrected chi connectivity index (χ4v) is 3.24. The summed E-state index contributed by atoms with van der Waals surface area (Å²) in [5.41, 5.74) is 13.0. The number of halogens is 1. The summed E-state index contributed by atoms with van der Waals surface area (Å²) in [6.07, 6.45) is 1.78. The molecule has 4 rings (SSSR count). The highest BCUT2D eigenvalue weighted by molar-refractivity contribution is 5.98. The number of nitrogens with zero attached hydrogens (tertiary/aromatic N) is 4. The molecule has 1 unspecified atom stereocenters. The van der Waals surface area contributed by atoms with E-state index in [1.165, 1.54) is 18.2 Å². The van der Waals surface area contributed by atoms with Crippen LogP contribution in [0.1, 0.15) is 22.7 Å². The van der Waals surface area contributed by atoms with Gasteiger partial charge in [0.2, 0.25) is 5.96 Å². The molecule has 0 amide bonds. The molecule has 1 aliphatic rings. The largest absolute Gasteiger partial charge is 0.457 e. The van der Waals surface area contributed by atoms with Crippen LogP contribution in [0.4, 0.5) is 21.7 Å². The first-order chi connectivity index (χ1) is 15.0. The maximum atomic E-state index is 14.1. The van der Waals surface area contributed by atoms with Crippen molar-refractivity contribution in [3.05, 3.63) is 71.0 Å². The molecule has 31 heavy (non-hydrogen) atoms. The molecule has 0 bridgehead atoms. The van der Waals surface area contributed by atoms with Crippen molar-refractivity contribution in [2.24, 2.45) is 4.99 Å². The molecule has 9 nitrogen and oxygen atoms in total. The van der Waals surface area contributed by atoms with Crippen molar-refractivity contribution >= 4 is 23.3 Å². The van der Waals surface area contributed by atoms with Crippen LogP contribution in [0, 0.1) is 28.6 Å². The van der Waals surface area contributed by atoms with Gasteiger partial charge >= 0.3 is 0 Å². The molecule has 0 saturated heterocycles. The summed E-state index contributed by atoms with van der Waals surface area (Å²) in [5.74, 6) is 0.419. The third-order valence-electron chi connectivity index (χ3n) is 4.60. The first kappa shape index (κ1) is 19.5. The highest BCUT2D eigenvalue weighted by Gasteiger charge is 2.31. The molecular weight excluding hydrogens is 399 g/mol. The van der Waals surface area contributed by atoms with E-state index in [9.17, 15) is 9.65 Å². The SMILES string of the molecule is N#CNC1=NC(c2ccc(F)cc2Oc2ccccc2)c2c(nc(N)c(C#N)c2N)N1. The van der Waals surface area contributed by atoms with E-state index >= 15 is 0 Å². The minimum Gasteiger partial charge on any atom is -0.457 e.